The standard InChI is InChI=1S/C63H57ClN2Si/c1-44-40-59-61(64)60(41-44)66(58-31-17-15-29-56(58)46-34-38-48(39-35-46)63(5,6)7)50-21-19-27-54(43-50)67(51-22-10-8-11-23-51,52-24-12-9-13-25-52)53-26-18-20-49(42-53)65(59)57-30-16-14-28-55(57)45-32-36-47(37-33-45)62(2,3)4/h8-43H,1-7H3. The molecular weight excluding hydrogens is 848 g/mol. The average molecular weight is 906 g/mol. The summed E-state index contributed by atoms with van der Waals surface area (Å²) in [4.78, 5) is 4.82. The van der Waals surface area contributed by atoms with Gasteiger partial charge in [0.05, 0.1) is 27.8 Å². The number of anilines is 6. The molecule has 4 heteroatoms. The number of hydrogen-bond donors (Lipinski definition) is 0. The molecule has 9 aromatic carbocycles. The van der Waals surface area contributed by atoms with Crippen LogP contribution in [0.3, 0.4) is 0 Å². The molecule has 0 fully saturated rings. The maximum Gasteiger partial charge on any atom is 0.179 e. The number of nitrogens with zero attached hydrogens (tertiary/aromatic N) is 2. The highest BCUT2D eigenvalue weighted by Gasteiger charge is 2.43. The Morgan fingerprint density at radius 2 is 0.716 bits per heavy atom. The molecule has 0 aromatic heterocycles. The second-order valence-corrected chi connectivity index (χ2v) is 24.2. The number of benzene rings is 9. The maximum absolute atomic E-state index is 8.14. The van der Waals surface area contributed by atoms with Crippen LogP contribution in [0.25, 0.3) is 22.3 Å². The fourth-order valence-corrected chi connectivity index (χ4v) is 15.2. The average Bonchev–Trinajstić information content (AvgIpc) is 3.34. The van der Waals surface area contributed by atoms with Crippen LogP contribution in [0.15, 0.2) is 218 Å². The van der Waals surface area contributed by atoms with Crippen LogP contribution in [0.1, 0.15) is 58.2 Å². The summed E-state index contributed by atoms with van der Waals surface area (Å²) in [5.74, 6) is 0. The van der Waals surface area contributed by atoms with Gasteiger partial charge in [-0.25, -0.2) is 0 Å². The summed E-state index contributed by atoms with van der Waals surface area (Å²) in [5, 5.41) is 5.86. The predicted molar refractivity (Wildman–Crippen MR) is 291 cm³/mol. The largest absolute Gasteiger partial charge is 0.308 e. The van der Waals surface area contributed by atoms with Gasteiger partial charge >= 0.3 is 0 Å². The van der Waals surface area contributed by atoms with Crippen LogP contribution in [0.5, 0.6) is 0 Å². The Balaban J connectivity index is 1.33. The fraction of sp³-hybridized carbons (Fsp3) is 0.143. The van der Waals surface area contributed by atoms with Crippen molar-refractivity contribution in [1.29, 1.82) is 0 Å². The molecule has 1 heterocycles. The lowest BCUT2D eigenvalue weighted by atomic mass is 9.86. The molecule has 0 unspecified atom stereocenters. The number of aryl methyl sites for hydroxylation is 1. The van der Waals surface area contributed by atoms with E-state index in [2.05, 4.69) is 277 Å². The lowest BCUT2D eigenvalue weighted by molar-refractivity contribution is 0.590. The van der Waals surface area contributed by atoms with E-state index in [9.17, 15) is 0 Å². The van der Waals surface area contributed by atoms with Crippen molar-refractivity contribution in [3.8, 4) is 22.3 Å². The summed E-state index contributed by atoms with van der Waals surface area (Å²) in [7, 11) is -3.05. The fourth-order valence-electron chi connectivity index (χ4n) is 10.1. The summed E-state index contributed by atoms with van der Waals surface area (Å²) >= 11 is 8.14. The summed E-state index contributed by atoms with van der Waals surface area (Å²) in [6.07, 6.45) is 0. The van der Waals surface area contributed by atoms with Gasteiger partial charge in [-0.05, 0) is 115 Å². The number of hydrogen-bond acceptors (Lipinski definition) is 2. The van der Waals surface area contributed by atoms with Gasteiger partial charge in [0.2, 0.25) is 0 Å². The topological polar surface area (TPSA) is 6.48 Å². The first-order valence-electron chi connectivity index (χ1n) is 23.4. The number of rotatable bonds is 6. The molecule has 1 aliphatic heterocycles. The maximum atomic E-state index is 8.14. The zero-order valence-corrected chi connectivity index (χ0v) is 41.3. The third-order valence-electron chi connectivity index (χ3n) is 13.6. The Hall–Kier alpha value is -6.91. The molecule has 9 aromatic rings. The highest BCUT2D eigenvalue weighted by Crippen LogP contribution is 2.51. The summed E-state index contributed by atoms with van der Waals surface area (Å²) < 4.78 is 0. The van der Waals surface area contributed by atoms with E-state index in [0.29, 0.717) is 5.02 Å². The van der Waals surface area contributed by atoms with Gasteiger partial charge in [0.25, 0.3) is 0 Å². The van der Waals surface area contributed by atoms with Gasteiger partial charge in [-0.2, -0.15) is 0 Å². The third-order valence-corrected chi connectivity index (χ3v) is 18.7. The Morgan fingerprint density at radius 3 is 1.10 bits per heavy atom. The molecule has 6 bridgehead atoms. The lowest BCUT2D eigenvalue weighted by Gasteiger charge is -2.38. The Labute approximate surface area is 403 Å². The van der Waals surface area contributed by atoms with E-state index >= 15 is 0 Å². The monoisotopic (exact) mass is 904 g/mol. The van der Waals surface area contributed by atoms with E-state index < -0.39 is 8.07 Å². The van der Waals surface area contributed by atoms with Crippen LogP contribution in [-0.4, -0.2) is 8.07 Å². The minimum absolute atomic E-state index is 0.0353. The molecule has 0 amide bonds. The second-order valence-electron chi connectivity index (χ2n) is 20.1. The molecule has 0 aliphatic carbocycles. The summed E-state index contributed by atoms with van der Waals surface area (Å²) in [6, 6.07) is 81.4. The minimum Gasteiger partial charge on any atom is -0.308 e. The van der Waals surface area contributed by atoms with Gasteiger partial charge in [-0.15, -0.1) is 0 Å². The smallest absolute Gasteiger partial charge is 0.179 e. The molecule has 330 valence electrons. The van der Waals surface area contributed by atoms with E-state index in [4.69, 9.17) is 11.6 Å². The molecule has 1 aliphatic rings. The van der Waals surface area contributed by atoms with Crippen molar-refractivity contribution in [2.75, 3.05) is 9.80 Å². The third kappa shape index (κ3) is 8.01. The van der Waals surface area contributed by atoms with Gasteiger partial charge in [0.1, 0.15) is 0 Å². The first kappa shape index (κ1) is 44.0. The van der Waals surface area contributed by atoms with E-state index in [-0.39, 0.29) is 10.8 Å². The van der Waals surface area contributed by atoms with Crippen LogP contribution >= 0.6 is 11.6 Å². The van der Waals surface area contributed by atoms with Crippen LogP contribution in [-0.2, 0) is 10.8 Å². The Kier molecular flexibility index (Phi) is 11.4. The normalized spacial score (nSPS) is 13.4. The van der Waals surface area contributed by atoms with Crippen molar-refractivity contribution < 1.29 is 0 Å². The van der Waals surface area contributed by atoms with Gasteiger partial charge in [0, 0.05) is 22.5 Å². The van der Waals surface area contributed by atoms with Crippen LogP contribution in [0, 0.1) is 6.92 Å². The van der Waals surface area contributed by atoms with Crippen molar-refractivity contribution in [3.63, 3.8) is 0 Å². The van der Waals surface area contributed by atoms with Gasteiger partial charge in [-0.1, -0.05) is 223 Å². The molecule has 0 atom stereocenters. The first-order valence-corrected chi connectivity index (χ1v) is 25.8. The van der Waals surface area contributed by atoms with Crippen molar-refractivity contribution in [2.24, 2.45) is 0 Å². The van der Waals surface area contributed by atoms with Crippen molar-refractivity contribution in [1.82, 2.24) is 0 Å². The quantitative estimate of drug-likeness (QED) is 0.153. The van der Waals surface area contributed by atoms with Crippen molar-refractivity contribution >= 4 is 74.5 Å². The SMILES string of the molecule is Cc1cc2c(Cl)c(c1)N(c1ccccc1-c1ccc(C(C)(C)C)cc1)c1cccc(c1)[Si](c1ccccc1)(c1ccccc1)c1cccc(c1)N2c1ccccc1-c1ccc(C(C)(C)C)cc1. The molecule has 0 saturated carbocycles. The zero-order valence-electron chi connectivity index (χ0n) is 39.6. The van der Waals surface area contributed by atoms with Crippen LogP contribution in [0.2, 0.25) is 5.02 Å². The molecule has 2 nitrogen and oxygen atoms in total. The van der Waals surface area contributed by atoms with Crippen molar-refractivity contribution in [3.05, 3.63) is 240 Å². The van der Waals surface area contributed by atoms with Gasteiger partial charge in [-0.3, -0.25) is 0 Å². The number of para-hydroxylation sites is 2. The molecule has 0 spiro atoms. The van der Waals surface area contributed by atoms with Gasteiger partial charge in [0.15, 0.2) is 8.07 Å². The zero-order chi connectivity index (χ0) is 46.5. The van der Waals surface area contributed by atoms with E-state index in [1.165, 1.54) is 31.9 Å². The van der Waals surface area contributed by atoms with E-state index in [0.717, 1.165) is 61.9 Å². The Bertz CT molecular complexity index is 3000. The number of halogens is 1. The lowest BCUT2D eigenvalue weighted by Crippen LogP contribution is -2.74. The van der Waals surface area contributed by atoms with Gasteiger partial charge < -0.3 is 9.80 Å². The minimum atomic E-state index is -3.05. The highest BCUT2D eigenvalue weighted by molar-refractivity contribution is 7.20. The Morgan fingerprint density at radius 1 is 0.358 bits per heavy atom. The molecular formula is C63H57ClN2Si. The summed E-state index contributed by atoms with van der Waals surface area (Å²) in [6.45, 7) is 15.8. The molecule has 67 heavy (non-hydrogen) atoms. The molecule has 0 saturated heterocycles. The van der Waals surface area contributed by atoms with Crippen molar-refractivity contribution in [2.45, 2.75) is 59.3 Å². The summed E-state index contributed by atoms with van der Waals surface area (Å²) in [5.41, 5.74) is 14.3. The highest BCUT2D eigenvalue weighted by atomic mass is 35.5. The van der Waals surface area contributed by atoms with E-state index in [1.54, 1.807) is 0 Å². The molecule has 10 rings (SSSR count). The predicted octanol–water partition coefficient (Wildman–Crippen LogP) is 15.2. The van der Waals surface area contributed by atoms with Crippen LogP contribution < -0.4 is 30.5 Å². The first-order chi connectivity index (χ1) is 32.3. The van der Waals surface area contributed by atoms with E-state index in [1.807, 2.05) is 0 Å². The number of fused-ring (bicyclic) bond motifs is 6. The second kappa shape index (κ2) is 17.4. The van der Waals surface area contributed by atoms with Crippen LogP contribution in [0.4, 0.5) is 34.1 Å². The molecule has 0 N–H and O–H groups in total. The molecule has 0 radical (unpaired) electrons.